The highest BCUT2D eigenvalue weighted by Gasteiger charge is 2.04. The molecule has 1 N–H and O–H groups in total. The fourth-order valence-electron chi connectivity index (χ4n) is 1.52. The molecule has 0 radical (unpaired) electrons. The lowest BCUT2D eigenvalue weighted by molar-refractivity contribution is 0.588. The van der Waals surface area contributed by atoms with Gasteiger partial charge in [0.2, 0.25) is 10.0 Å². The third-order valence-corrected chi connectivity index (χ3v) is 2.93. The van der Waals surface area contributed by atoms with E-state index >= 15 is 0 Å². The molecule has 84 valence electrons. The number of pyridine rings is 1. The number of hydrogen-bond acceptors (Lipinski definition) is 3. The van der Waals surface area contributed by atoms with Crippen LogP contribution in [0.25, 0.3) is 10.9 Å². The number of para-hydroxylation sites is 1. The van der Waals surface area contributed by atoms with Crippen molar-refractivity contribution in [3.63, 3.8) is 0 Å². The fourth-order valence-corrected chi connectivity index (χ4v) is 1.94. The summed E-state index contributed by atoms with van der Waals surface area (Å²) < 4.78 is 24.5. The Morgan fingerprint density at radius 2 is 2.00 bits per heavy atom. The number of nitrogens with zero attached hydrogens (tertiary/aromatic N) is 1. The number of hydrogen-bond donors (Lipinski definition) is 1. The minimum absolute atomic E-state index is 0.294. The monoisotopic (exact) mass is 236 g/mol. The molecule has 0 bridgehead atoms. The first-order chi connectivity index (χ1) is 7.56. The maximum absolute atomic E-state index is 11.0. The first-order valence-corrected chi connectivity index (χ1v) is 6.73. The third-order valence-electron chi connectivity index (χ3n) is 2.26. The van der Waals surface area contributed by atoms with Crippen molar-refractivity contribution in [3.05, 3.63) is 42.1 Å². The zero-order valence-corrected chi connectivity index (χ0v) is 9.66. The van der Waals surface area contributed by atoms with Crippen LogP contribution in [-0.2, 0) is 16.6 Å². The Hall–Kier alpha value is -1.46. The molecule has 1 aromatic heterocycles. The van der Waals surface area contributed by atoms with Crippen LogP contribution in [0.2, 0.25) is 0 Å². The van der Waals surface area contributed by atoms with E-state index in [-0.39, 0.29) is 0 Å². The van der Waals surface area contributed by atoms with Crippen molar-refractivity contribution in [2.24, 2.45) is 0 Å². The van der Waals surface area contributed by atoms with Crippen LogP contribution >= 0.6 is 0 Å². The Morgan fingerprint density at radius 3 is 2.75 bits per heavy atom. The minimum atomic E-state index is -3.16. The number of fused-ring (bicyclic) bond motifs is 1. The van der Waals surface area contributed by atoms with Crippen LogP contribution in [0.5, 0.6) is 0 Å². The maximum atomic E-state index is 11.0. The van der Waals surface area contributed by atoms with Crippen LogP contribution < -0.4 is 4.72 Å². The molecule has 0 aliphatic heterocycles. The summed E-state index contributed by atoms with van der Waals surface area (Å²) in [6, 6.07) is 9.47. The lowest BCUT2D eigenvalue weighted by atomic mass is 10.1. The summed E-state index contributed by atoms with van der Waals surface area (Å²) in [6.45, 7) is 0.294. The molecule has 0 atom stereocenters. The molecule has 2 rings (SSSR count). The van der Waals surface area contributed by atoms with E-state index in [4.69, 9.17) is 0 Å². The van der Waals surface area contributed by atoms with Gasteiger partial charge in [0, 0.05) is 18.1 Å². The van der Waals surface area contributed by atoms with E-state index in [0.717, 1.165) is 22.7 Å². The van der Waals surface area contributed by atoms with E-state index < -0.39 is 10.0 Å². The van der Waals surface area contributed by atoms with Gasteiger partial charge < -0.3 is 0 Å². The first-order valence-electron chi connectivity index (χ1n) is 4.83. The van der Waals surface area contributed by atoms with Crippen LogP contribution in [0.4, 0.5) is 0 Å². The summed E-state index contributed by atoms with van der Waals surface area (Å²) in [7, 11) is -3.16. The number of rotatable bonds is 3. The lowest BCUT2D eigenvalue weighted by Gasteiger charge is -2.05. The Balaban J connectivity index is 2.38. The van der Waals surface area contributed by atoms with Crippen molar-refractivity contribution < 1.29 is 8.42 Å². The van der Waals surface area contributed by atoms with Crippen LogP contribution in [0.15, 0.2) is 36.5 Å². The summed E-state index contributed by atoms with van der Waals surface area (Å²) >= 11 is 0. The first kappa shape index (κ1) is 11.0. The Kier molecular flexibility index (Phi) is 2.89. The number of sulfonamides is 1. The van der Waals surface area contributed by atoms with Gasteiger partial charge in [0.25, 0.3) is 0 Å². The highest BCUT2D eigenvalue weighted by atomic mass is 32.2. The highest BCUT2D eigenvalue weighted by Crippen LogP contribution is 2.15. The summed E-state index contributed by atoms with van der Waals surface area (Å²) in [4.78, 5) is 4.21. The molecular weight excluding hydrogens is 224 g/mol. The molecule has 0 saturated heterocycles. The van der Waals surface area contributed by atoms with Gasteiger partial charge in [-0.05, 0) is 17.7 Å². The van der Waals surface area contributed by atoms with Crippen LogP contribution in [-0.4, -0.2) is 19.7 Å². The average molecular weight is 236 g/mol. The molecule has 0 spiro atoms. The zero-order chi connectivity index (χ0) is 11.6. The normalized spacial score (nSPS) is 11.8. The standard InChI is InChI=1S/C11H12N2O2S/c1-16(14,15)13-8-9-6-7-12-11-5-3-2-4-10(9)11/h2-7,13H,8H2,1H3. The van der Waals surface area contributed by atoms with Crippen molar-refractivity contribution in [1.82, 2.24) is 9.71 Å². The topological polar surface area (TPSA) is 59.1 Å². The molecule has 0 aliphatic rings. The van der Waals surface area contributed by atoms with Gasteiger partial charge in [-0.2, -0.15) is 0 Å². The average Bonchev–Trinajstić information content (AvgIpc) is 2.25. The molecule has 0 unspecified atom stereocenters. The fraction of sp³-hybridized carbons (Fsp3) is 0.182. The molecule has 1 heterocycles. The highest BCUT2D eigenvalue weighted by molar-refractivity contribution is 7.88. The van der Waals surface area contributed by atoms with E-state index in [9.17, 15) is 8.42 Å². The van der Waals surface area contributed by atoms with Crippen molar-refractivity contribution in [2.75, 3.05) is 6.26 Å². The van der Waals surface area contributed by atoms with E-state index in [1.165, 1.54) is 0 Å². The summed E-state index contributed by atoms with van der Waals surface area (Å²) in [5.41, 5.74) is 1.80. The van der Waals surface area contributed by atoms with Gasteiger partial charge in [0.1, 0.15) is 0 Å². The smallest absolute Gasteiger partial charge is 0.209 e. The van der Waals surface area contributed by atoms with Gasteiger partial charge in [0.05, 0.1) is 11.8 Å². The van der Waals surface area contributed by atoms with Gasteiger partial charge in [0.15, 0.2) is 0 Å². The molecule has 4 nitrogen and oxygen atoms in total. The Bertz CT molecular complexity index is 603. The van der Waals surface area contributed by atoms with Gasteiger partial charge in [-0.15, -0.1) is 0 Å². The van der Waals surface area contributed by atoms with Gasteiger partial charge in [-0.25, -0.2) is 13.1 Å². The minimum Gasteiger partial charge on any atom is -0.256 e. The van der Waals surface area contributed by atoms with E-state index in [1.54, 1.807) is 6.20 Å². The molecule has 2 aromatic rings. The summed E-state index contributed by atoms with van der Waals surface area (Å²) in [5.74, 6) is 0. The third kappa shape index (κ3) is 2.56. The molecular formula is C11H12N2O2S. The quantitative estimate of drug-likeness (QED) is 0.873. The molecule has 0 amide bonds. The molecule has 0 fully saturated rings. The second-order valence-electron chi connectivity index (χ2n) is 3.58. The van der Waals surface area contributed by atoms with E-state index in [0.29, 0.717) is 6.54 Å². The van der Waals surface area contributed by atoms with E-state index in [1.807, 2.05) is 30.3 Å². The van der Waals surface area contributed by atoms with Crippen molar-refractivity contribution in [3.8, 4) is 0 Å². The predicted octanol–water partition coefficient (Wildman–Crippen LogP) is 1.28. The maximum Gasteiger partial charge on any atom is 0.209 e. The Labute approximate surface area is 94.4 Å². The number of nitrogens with one attached hydrogen (secondary N) is 1. The van der Waals surface area contributed by atoms with Gasteiger partial charge in [-0.3, -0.25) is 4.98 Å². The number of aromatic nitrogens is 1. The second-order valence-corrected chi connectivity index (χ2v) is 5.41. The zero-order valence-electron chi connectivity index (χ0n) is 8.84. The van der Waals surface area contributed by atoms with Crippen molar-refractivity contribution in [2.45, 2.75) is 6.54 Å². The van der Waals surface area contributed by atoms with Gasteiger partial charge >= 0.3 is 0 Å². The molecule has 0 aliphatic carbocycles. The summed E-state index contributed by atoms with van der Waals surface area (Å²) in [6.07, 6.45) is 2.83. The van der Waals surface area contributed by atoms with Crippen LogP contribution in [0.1, 0.15) is 5.56 Å². The molecule has 0 saturated carbocycles. The lowest BCUT2D eigenvalue weighted by Crippen LogP contribution is -2.21. The van der Waals surface area contributed by atoms with Crippen LogP contribution in [0, 0.1) is 0 Å². The predicted molar refractivity (Wildman–Crippen MR) is 63.4 cm³/mol. The number of benzene rings is 1. The second kappa shape index (κ2) is 4.19. The molecule has 1 aromatic carbocycles. The SMILES string of the molecule is CS(=O)(=O)NCc1ccnc2ccccc12. The summed E-state index contributed by atoms with van der Waals surface area (Å²) in [5, 5.41) is 0.973. The van der Waals surface area contributed by atoms with E-state index in [2.05, 4.69) is 9.71 Å². The van der Waals surface area contributed by atoms with Gasteiger partial charge in [-0.1, -0.05) is 18.2 Å². The van der Waals surface area contributed by atoms with Crippen molar-refractivity contribution >= 4 is 20.9 Å². The molecule has 5 heteroatoms. The van der Waals surface area contributed by atoms with Crippen molar-refractivity contribution in [1.29, 1.82) is 0 Å². The van der Waals surface area contributed by atoms with Crippen LogP contribution in [0.3, 0.4) is 0 Å². The Morgan fingerprint density at radius 1 is 1.25 bits per heavy atom. The molecule has 16 heavy (non-hydrogen) atoms. The largest absolute Gasteiger partial charge is 0.256 e.